The van der Waals surface area contributed by atoms with Gasteiger partial charge in [0.05, 0.1) is 12.8 Å². The first kappa shape index (κ1) is 25.9. The van der Waals surface area contributed by atoms with Gasteiger partial charge in [0.1, 0.15) is 5.75 Å². The number of methoxy groups -OCH3 is 1. The van der Waals surface area contributed by atoms with E-state index in [-0.39, 0.29) is 17.6 Å². The van der Waals surface area contributed by atoms with Crippen LogP contribution < -0.4 is 4.74 Å². The van der Waals surface area contributed by atoms with Gasteiger partial charge in [-0.25, -0.2) is 0 Å². The molecule has 38 heavy (non-hydrogen) atoms. The lowest BCUT2D eigenvalue weighted by atomic mass is 9.83. The number of rotatable bonds is 7. The maximum atomic E-state index is 13.4. The summed E-state index contributed by atoms with van der Waals surface area (Å²) in [5.74, 6) is -0.399. The van der Waals surface area contributed by atoms with Crippen LogP contribution in [0.25, 0.3) is 5.69 Å². The smallest absolute Gasteiger partial charge is 0.453 e. The van der Waals surface area contributed by atoms with Gasteiger partial charge in [0.15, 0.2) is 0 Å². The molecule has 198 valence electrons. The maximum absolute atomic E-state index is 13.4. The van der Waals surface area contributed by atoms with Crippen molar-refractivity contribution >= 4 is 0 Å². The Kier molecular flexibility index (Phi) is 7.44. The summed E-state index contributed by atoms with van der Waals surface area (Å²) in [6.07, 6.45) is -4.67. The largest absolute Gasteiger partial charge is 0.496 e. The fourth-order valence-electron chi connectivity index (χ4n) is 5.22. The Hall–Kier alpha value is -3.76. The summed E-state index contributed by atoms with van der Waals surface area (Å²) >= 11 is 0. The zero-order valence-electron chi connectivity index (χ0n) is 21.2. The van der Waals surface area contributed by atoms with Gasteiger partial charge in [0.25, 0.3) is 5.82 Å². The molecule has 1 aliphatic heterocycles. The van der Waals surface area contributed by atoms with Gasteiger partial charge in [-0.15, -0.1) is 5.10 Å². The fraction of sp³-hybridized carbons (Fsp3) is 0.321. The van der Waals surface area contributed by atoms with Gasteiger partial charge in [-0.3, -0.25) is 9.80 Å². The second kappa shape index (κ2) is 10.9. The van der Waals surface area contributed by atoms with Gasteiger partial charge >= 0.3 is 6.18 Å². The lowest BCUT2D eigenvalue weighted by Gasteiger charge is -2.43. The number of piperazine rings is 1. The van der Waals surface area contributed by atoms with E-state index in [4.69, 9.17) is 4.74 Å². The summed E-state index contributed by atoms with van der Waals surface area (Å²) < 4.78 is 46.6. The highest BCUT2D eigenvalue weighted by Gasteiger charge is 2.39. The van der Waals surface area contributed by atoms with Gasteiger partial charge in [-0.05, 0) is 46.8 Å². The van der Waals surface area contributed by atoms with Crippen LogP contribution in [0.5, 0.6) is 5.75 Å². The van der Waals surface area contributed by atoms with E-state index >= 15 is 0 Å². The normalized spacial score (nSPS) is 17.2. The van der Waals surface area contributed by atoms with E-state index in [1.807, 2.05) is 12.1 Å². The molecule has 5 rings (SSSR count). The third-order valence-electron chi connectivity index (χ3n) is 7.11. The molecule has 0 aliphatic carbocycles. The summed E-state index contributed by atoms with van der Waals surface area (Å²) in [5.41, 5.74) is 3.49. The molecule has 0 amide bonds. The van der Waals surface area contributed by atoms with Crippen LogP contribution in [0, 0.1) is 0 Å². The summed E-state index contributed by atoms with van der Waals surface area (Å²) in [5, 5.41) is 10.0. The minimum atomic E-state index is -4.67. The lowest BCUT2D eigenvalue weighted by molar-refractivity contribution is -0.146. The Bertz CT molecular complexity index is 1310. The first-order valence-electron chi connectivity index (χ1n) is 12.4. The molecule has 3 aromatic carbocycles. The lowest BCUT2D eigenvalue weighted by Crippen LogP contribution is -2.53. The molecule has 0 bridgehead atoms. The van der Waals surface area contributed by atoms with E-state index in [1.165, 1.54) is 17.2 Å². The molecule has 1 aromatic heterocycles. The second-order valence-corrected chi connectivity index (χ2v) is 9.49. The van der Waals surface area contributed by atoms with Crippen LogP contribution in [0.15, 0.2) is 78.9 Å². The van der Waals surface area contributed by atoms with Crippen molar-refractivity contribution in [3.05, 3.63) is 101 Å². The van der Waals surface area contributed by atoms with E-state index < -0.39 is 12.0 Å². The highest BCUT2D eigenvalue weighted by atomic mass is 19.4. The van der Waals surface area contributed by atoms with Gasteiger partial charge in [-0.1, -0.05) is 60.7 Å². The number of aromatic nitrogens is 4. The monoisotopic (exact) mass is 522 g/mol. The number of alkyl halides is 3. The Balaban J connectivity index is 1.44. The van der Waals surface area contributed by atoms with Crippen LogP contribution in [0.3, 0.4) is 0 Å². The minimum absolute atomic E-state index is 0.161. The fourth-order valence-corrected chi connectivity index (χ4v) is 5.22. The van der Waals surface area contributed by atoms with Crippen molar-refractivity contribution in [1.29, 1.82) is 0 Å². The Morgan fingerprint density at radius 2 is 1.61 bits per heavy atom. The average Bonchev–Trinajstić information content (AvgIpc) is 3.43. The van der Waals surface area contributed by atoms with Crippen molar-refractivity contribution in [2.75, 3.05) is 33.8 Å². The highest BCUT2D eigenvalue weighted by Crippen LogP contribution is 2.34. The summed E-state index contributed by atoms with van der Waals surface area (Å²) in [6.45, 7) is 2.96. The molecule has 0 unspecified atom stereocenters. The molecule has 1 aliphatic rings. The Labute approximate surface area is 219 Å². The number of likely N-dealkylation sites (N-methyl/N-ethyl adjacent to an activating group) is 1. The predicted molar refractivity (Wildman–Crippen MR) is 137 cm³/mol. The number of tetrazole rings is 1. The van der Waals surface area contributed by atoms with Crippen LogP contribution in [0.1, 0.15) is 28.4 Å². The van der Waals surface area contributed by atoms with Gasteiger partial charge < -0.3 is 4.74 Å². The summed E-state index contributed by atoms with van der Waals surface area (Å²) in [7, 11) is 3.71. The second-order valence-electron chi connectivity index (χ2n) is 9.49. The molecular weight excluding hydrogens is 493 g/mol. The van der Waals surface area contributed by atoms with Crippen molar-refractivity contribution in [3.63, 3.8) is 0 Å². The first-order valence-corrected chi connectivity index (χ1v) is 12.4. The molecule has 4 aromatic rings. The van der Waals surface area contributed by atoms with Gasteiger partial charge in [-0.2, -0.15) is 17.9 Å². The van der Waals surface area contributed by atoms with Gasteiger partial charge in [0.2, 0.25) is 0 Å². The third kappa shape index (κ3) is 5.41. The maximum Gasteiger partial charge on any atom is 0.453 e. The molecule has 0 radical (unpaired) electrons. The Morgan fingerprint density at radius 1 is 0.947 bits per heavy atom. The van der Waals surface area contributed by atoms with Crippen molar-refractivity contribution in [2.24, 2.45) is 0 Å². The summed E-state index contributed by atoms with van der Waals surface area (Å²) in [4.78, 5) is 4.72. The third-order valence-corrected chi connectivity index (χ3v) is 7.11. The zero-order valence-corrected chi connectivity index (χ0v) is 21.2. The number of hydrogen-bond acceptors (Lipinski definition) is 6. The van der Waals surface area contributed by atoms with Crippen molar-refractivity contribution in [1.82, 2.24) is 30.0 Å². The molecule has 1 fully saturated rings. The molecule has 2 heterocycles. The molecule has 0 saturated carbocycles. The Morgan fingerprint density at radius 3 is 2.21 bits per heavy atom. The van der Waals surface area contributed by atoms with Crippen molar-refractivity contribution < 1.29 is 17.9 Å². The van der Waals surface area contributed by atoms with Crippen LogP contribution in [-0.2, 0) is 12.7 Å². The van der Waals surface area contributed by atoms with E-state index in [1.54, 1.807) is 19.2 Å². The number of nitrogens with zero attached hydrogens (tertiary/aromatic N) is 6. The molecule has 10 heteroatoms. The first-order chi connectivity index (χ1) is 18.3. The summed E-state index contributed by atoms with van der Waals surface area (Å²) in [6, 6.07) is 26.0. The van der Waals surface area contributed by atoms with Crippen LogP contribution in [-0.4, -0.2) is 69.8 Å². The van der Waals surface area contributed by atoms with Crippen LogP contribution >= 0.6 is 0 Å². The number of ether oxygens (including phenoxy) is 1. The molecule has 0 spiro atoms. The topological polar surface area (TPSA) is 59.3 Å². The standard InChI is InChI=1S/C28H29F3N6O/c1-35-15-16-36(19-24(35)26(20-9-5-3-6-10-20)21-11-7-4-8-12-21)18-22-17-23(13-14-25(22)38-2)37-27(28(29,30)31)32-33-34-37/h3-14,17,24,26H,15-16,18-19H2,1-2H3/t24-/m1/s1. The quantitative estimate of drug-likeness (QED) is 0.353. The number of benzene rings is 3. The molecule has 1 atom stereocenters. The SMILES string of the molecule is COc1ccc(-n2nnnc2C(F)(F)F)cc1CN1CCN(C)[C@@H](C(c2ccccc2)c2ccccc2)C1. The van der Waals surface area contributed by atoms with Crippen LogP contribution in [0.2, 0.25) is 0 Å². The molecule has 1 saturated heterocycles. The van der Waals surface area contributed by atoms with Crippen LogP contribution in [0.4, 0.5) is 13.2 Å². The molecule has 0 N–H and O–H groups in total. The predicted octanol–water partition coefficient (Wildman–Crippen LogP) is 4.64. The van der Waals surface area contributed by atoms with E-state index in [0.717, 1.165) is 29.9 Å². The van der Waals surface area contributed by atoms with Gasteiger partial charge in [0, 0.05) is 43.7 Å². The van der Waals surface area contributed by atoms with E-state index in [2.05, 4.69) is 80.9 Å². The zero-order chi connectivity index (χ0) is 26.7. The number of halogens is 3. The van der Waals surface area contributed by atoms with Crippen molar-refractivity contribution in [2.45, 2.75) is 24.7 Å². The number of hydrogen-bond donors (Lipinski definition) is 0. The average molecular weight is 523 g/mol. The van der Waals surface area contributed by atoms with Crippen molar-refractivity contribution in [3.8, 4) is 11.4 Å². The molecule has 7 nitrogen and oxygen atoms in total. The van der Waals surface area contributed by atoms with E-state index in [0.29, 0.717) is 12.3 Å². The molecular formula is C28H29F3N6O. The highest BCUT2D eigenvalue weighted by molar-refractivity contribution is 5.44. The minimum Gasteiger partial charge on any atom is -0.496 e. The van der Waals surface area contributed by atoms with E-state index in [9.17, 15) is 13.2 Å².